The van der Waals surface area contributed by atoms with Gasteiger partial charge in [-0.15, -0.1) is 0 Å². The maximum Gasteiger partial charge on any atom is 0.190 e. The molecule has 0 aliphatic carbocycles. The van der Waals surface area contributed by atoms with E-state index in [1.165, 1.54) is 6.92 Å². The molecule has 0 aromatic heterocycles. The first-order valence-corrected chi connectivity index (χ1v) is 4.38. The van der Waals surface area contributed by atoms with Crippen molar-refractivity contribution in [2.24, 2.45) is 0 Å². The molecule has 1 atom stereocenters. The van der Waals surface area contributed by atoms with Crippen LogP contribution in [0.25, 0.3) is 0 Å². The second-order valence-corrected chi connectivity index (χ2v) is 3.46. The minimum atomic E-state index is -0.925. The number of benzene rings is 1. The number of ketones is 1. The summed E-state index contributed by atoms with van der Waals surface area (Å²) in [6, 6.07) is 6.91. The van der Waals surface area contributed by atoms with Crippen LogP contribution in [0.1, 0.15) is 17.3 Å². The van der Waals surface area contributed by atoms with Crippen LogP contribution in [0.3, 0.4) is 0 Å². The van der Waals surface area contributed by atoms with Crippen LogP contribution in [-0.2, 0) is 0 Å². The average molecular weight is 456 g/mol. The number of Topliss-reactive ketones (excluding diaryl/α,β-unsaturated/α-hetero) is 1. The number of halogens is 1. The molecule has 0 saturated carbocycles. The third-order valence-electron chi connectivity index (χ3n) is 1.51. The molecule has 0 spiro atoms. The molecule has 0 fully saturated rings. The number of rotatable bonds is 2. The van der Waals surface area contributed by atoms with Gasteiger partial charge in [0, 0.05) is 54.1 Å². The van der Waals surface area contributed by atoms with Crippen molar-refractivity contribution in [1.82, 2.24) is 0 Å². The summed E-state index contributed by atoms with van der Waals surface area (Å²) in [6.07, 6.45) is -0.925. The van der Waals surface area contributed by atoms with Gasteiger partial charge in [0.25, 0.3) is 0 Å². The summed E-state index contributed by atoms with van der Waals surface area (Å²) >= 11 is 3.26. The topological polar surface area (TPSA) is 37.3 Å². The molecular formula is C9H9AcBrO2. The molecular weight excluding hydrogens is 447 g/mol. The van der Waals surface area contributed by atoms with Gasteiger partial charge in [-0.25, -0.2) is 0 Å². The van der Waals surface area contributed by atoms with Crippen molar-refractivity contribution in [2.75, 3.05) is 0 Å². The van der Waals surface area contributed by atoms with E-state index in [-0.39, 0.29) is 49.8 Å². The number of aliphatic hydroxyl groups excluding tert-OH is 1. The maximum absolute atomic E-state index is 11.2. The summed E-state index contributed by atoms with van der Waals surface area (Å²) in [4.78, 5) is 11.2. The Hall–Kier alpha value is 0.772. The fourth-order valence-electron chi connectivity index (χ4n) is 0.855. The zero-order valence-corrected chi connectivity index (χ0v) is 13.5. The molecule has 0 bridgehead atoms. The van der Waals surface area contributed by atoms with Gasteiger partial charge in [-0.05, 0) is 19.1 Å². The van der Waals surface area contributed by atoms with E-state index in [2.05, 4.69) is 15.9 Å². The largest absolute Gasteiger partial charge is 0.385 e. The van der Waals surface area contributed by atoms with Gasteiger partial charge in [0.05, 0.1) is 0 Å². The standard InChI is InChI=1S/C9H9BrO2.Ac/c1-6(11)9(12)7-2-4-8(10)5-3-7;/h2-6,11H,1H3;/t6-;/m0./s1. The Bertz CT molecular complexity index is 282. The third-order valence-corrected chi connectivity index (χ3v) is 2.04. The monoisotopic (exact) mass is 455 g/mol. The van der Waals surface area contributed by atoms with Gasteiger partial charge < -0.3 is 5.11 Å². The van der Waals surface area contributed by atoms with Gasteiger partial charge in [0.1, 0.15) is 6.10 Å². The Balaban J connectivity index is 0.00000144. The van der Waals surface area contributed by atoms with Crippen LogP contribution in [0.2, 0.25) is 0 Å². The van der Waals surface area contributed by atoms with Gasteiger partial charge in [0.2, 0.25) is 0 Å². The van der Waals surface area contributed by atoms with Crippen LogP contribution in [0.4, 0.5) is 0 Å². The van der Waals surface area contributed by atoms with Crippen molar-refractivity contribution in [3.8, 4) is 0 Å². The first-order chi connectivity index (χ1) is 5.61. The molecule has 0 aliphatic rings. The fraction of sp³-hybridized carbons (Fsp3) is 0.222. The molecule has 1 aromatic carbocycles. The maximum atomic E-state index is 11.2. The Morgan fingerprint density at radius 2 is 1.85 bits per heavy atom. The van der Waals surface area contributed by atoms with Crippen LogP contribution < -0.4 is 0 Å². The third kappa shape index (κ3) is 4.21. The SMILES string of the molecule is C[C@H](O)C(=O)c1ccc(Br)cc1.[Ac]. The first-order valence-electron chi connectivity index (χ1n) is 3.59. The van der Waals surface area contributed by atoms with E-state index in [0.29, 0.717) is 5.56 Å². The molecule has 0 amide bonds. The number of carbonyl (C=O) groups is 1. The number of hydrogen-bond acceptors (Lipinski definition) is 2. The molecule has 1 aromatic rings. The zero-order chi connectivity index (χ0) is 9.14. The first kappa shape index (κ1) is 13.8. The van der Waals surface area contributed by atoms with Crippen molar-refractivity contribution >= 4 is 21.7 Å². The van der Waals surface area contributed by atoms with E-state index in [1.807, 2.05) is 0 Å². The molecule has 4 heteroatoms. The van der Waals surface area contributed by atoms with Gasteiger partial charge in [-0.2, -0.15) is 0 Å². The average Bonchev–Trinajstić information content (AvgIpc) is 2.04. The van der Waals surface area contributed by atoms with Crippen LogP contribution in [0.15, 0.2) is 28.7 Å². The van der Waals surface area contributed by atoms with Crippen LogP contribution >= 0.6 is 15.9 Å². The summed E-state index contributed by atoms with van der Waals surface area (Å²) in [5.74, 6) is -0.248. The second-order valence-electron chi connectivity index (χ2n) is 2.55. The van der Waals surface area contributed by atoms with E-state index in [0.717, 1.165) is 4.47 Å². The Labute approximate surface area is 121 Å². The summed E-state index contributed by atoms with van der Waals surface area (Å²) < 4.78 is 0.921. The van der Waals surface area contributed by atoms with E-state index in [9.17, 15) is 4.79 Å². The number of aliphatic hydroxyl groups is 1. The van der Waals surface area contributed by atoms with Gasteiger partial charge >= 0.3 is 0 Å². The Morgan fingerprint density at radius 1 is 1.38 bits per heavy atom. The van der Waals surface area contributed by atoms with Crippen LogP contribution in [0.5, 0.6) is 0 Å². The normalized spacial score (nSPS) is 11.6. The number of hydrogen-bond donors (Lipinski definition) is 1. The van der Waals surface area contributed by atoms with E-state index >= 15 is 0 Å². The van der Waals surface area contributed by atoms with Crippen molar-refractivity contribution in [1.29, 1.82) is 0 Å². The predicted octanol–water partition coefficient (Wildman–Crippen LogP) is 2.01. The van der Waals surface area contributed by atoms with Crippen molar-refractivity contribution in [3.05, 3.63) is 34.3 Å². The molecule has 67 valence electrons. The molecule has 1 radical (unpaired) electrons. The molecule has 1 rings (SSSR count). The van der Waals surface area contributed by atoms with Gasteiger partial charge in [-0.3, -0.25) is 4.79 Å². The second kappa shape index (κ2) is 6.29. The van der Waals surface area contributed by atoms with Gasteiger partial charge in [0.15, 0.2) is 5.78 Å². The quantitative estimate of drug-likeness (QED) is 0.693. The molecule has 0 aliphatic heterocycles. The van der Waals surface area contributed by atoms with E-state index in [4.69, 9.17) is 5.11 Å². The number of carbonyl (C=O) groups excluding carboxylic acids is 1. The zero-order valence-electron chi connectivity index (χ0n) is 7.20. The Morgan fingerprint density at radius 3 is 2.23 bits per heavy atom. The predicted molar refractivity (Wildman–Crippen MR) is 50.2 cm³/mol. The van der Waals surface area contributed by atoms with Crippen molar-refractivity contribution < 1.29 is 54.0 Å². The summed E-state index contributed by atoms with van der Waals surface area (Å²) in [5.41, 5.74) is 0.535. The molecule has 0 unspecified atom stereocenters. The smallest absolute Gasteiger partial charge is 0.190 e. The van der Waals surface area contributed by atoms with Gasteiger partial charge in [-0.1, -0.05) is 28.1 Å². The summed E-state index contributed by atoms with van der Waals surface area (Å²) in [5, 5.41) is 8.98. The minimum absolute atomic E-state index is 0. The fourth-order valence-corrected chi connectivity index (χ4v) is 1.12. The van der Waals surface area contributed by atoms with E-state index < -0.39 is 6.10 Å². The van der Waals surface area contributed by atoms with Crippen molar-refractivity contribution in [3.63, 3.8) is 0 Å². The van der Waals surface area contributed by atoms with Crippen molar-refractivity contribution in [2.45, 2.75) is 13.0 Å². The van der Waals surface area contributed by atoms with E-state index in [1.54, 1.807) is 24.3 Å². The summed E-state index contributed by atoms with van der Waals surface area (Å²) in [6.45, 7) is 1.46. The molecule has 0 heterocycles. The minimum Gasteiger partial charge on any atom is -0.385 e. The molecule has 1 N–H and O–H groups in total. The molecule has 2 nitrogen and oxygen atoms in total. The Kier molecular flexibility index (Phi) is 6.67. The van der Waals surface area contributed by atoms with Crippen LogP contribution in [-0.4, -0.2) is 17.0 Å². The molecule has 0 saturated heterocycles. The molecule has 13 heavy (non-hydrogen) atoms. The van der Waals surface area contributed by atoms with Crippen LogP contribution in [0, 0.1) is 44.1 Å². The summed E-state index contributed by atoms with van der Waals surface area (Å²) in [7, 11) is 0.